The highest BCUT2D eigenvalue weighted by Gasteiger charge is 2.26. The molecule has 1 heteroatoms. The monoisotopic (exact) mass is 374 g/mol. The Hall–Kier alpha value is -0.980. The number of benzene rings is 1. The summed E-state index contributed by atoms with van der Waals surface area (Å²) in [5.41, 5.74) is 2.05. The number of hydrogen-bond donors (Lipinski definition) is 1. The van der Waals surface area contributed by atoms with E-state index in [0.717, 1.165) is 18.3 Å². The maximum Gasteiger partial charge on any atom is 0.115 e. The lowest BCUT2D eigenvalue weighted by Crippen LogP contribution is -2.22. The van der Waals surface area contributed by atoms with Gasteiger partial charge >= 0.3 is 0 Å². The minimum absolute atomic E-state index is 0.350. The van der Waals surface area contributed by atoms with Crippen LogP contribution in [-0.4, -0.2) is 5.11 Å². The minimum atomic E-state index is 0.350. The molecule has 0 saturated heterocycles. The Morgan fingerprint density at radius 3 is 1.78 bits per heavy atom. The van der Waals surface area contributed by atoms with E-state index in [1.54, 1.807) is 6.07 Å². The van der Waals surface area contributed by atoms with Crippen LogP contribution < -0.4 is 0 Å². The third kappa shape index (κ3) is 9.67. The second-order valence-electron chi connectivity index (χ2n) is 10.8. The maximum atomic E-state index is 9.69. The van der Waals surface area contributed by atoms with E-state index in [0.29, 0.717) is 16.6 Å². The van der Waals surface area contributed by atoms with Crippen LogP contribution in [0.4, 0.5) is 0 Å². The summed E-state index contributed by atoms with van der Waals surface area (Å²) >= 11 is 0. The number of aromatic hydroxyl groups is 1. The van der Waals surface area contributed by atoms with Gasteiger partial charge in [-0.25, -0.2) is 0 Å². The standard InChI is InChI=1S/C26H46O/c1-8-9-14-22(25(2,3)4)15-10-11-16-23(26(5,6)7)19-18-21-13-12-17-24(27)20-21/h12-13,17,20,22-23,27H,8-11,14-16,18-19H2,1-7H3/t22-,23+/m0/s1. The lowest BCUT2D eigenvalue weighted by molar-refractivity contribution is 0.185. The Morgan fingerprint density at radius 1 is 0.778 bits per heavy atom. The van der Waals surface area contributed by atoms with Crippen molar-refractivity contribution in [3.05, 3.63) is 29.8 Å². The first kappa shape index (κ1) is 24.1. The Morgan fingerprint density at radius 2 is 1.30 bits per heavy atom. The number of unbranched alkanes of at least 4 members (excludes halogenated alkanes) is 2. The summed E-state index contributed by atoms with van der Waals surface area (Å²) in [5, 5.41) is 9.69. The Labute approximate surface area is 170 Å². The summed E-state index contributed by atoms with van der Waals surface area (Å²) in [6.45, 7) is 16.7. The van der Waals surface area contributed by atoms with Crippen LogP contribution in [0.3, 0.4) is 0 Å². The van der Waals surface area contributed by atoms with Crippen molar-refractivity contribution in [3.63, 3.8) is 0 Å². The lowest BCUT2D eigenvalue weighted by Gasteiger charge is -2.33. The van der Waals surface area contributed by atoms with Crippen LogP contribution in [-0.2, 0) is 6.42 Å². The van der Waals surface area contributed by atoms with Crippen LogP contribution in [0, 0.1) is 22.7 Å². The highest BCUT2D eigenvalue weighted by Crippen LogP contribution is 2.37. The molecule has 1 aromatic carbocycles. The topological polar surface area (TPSA) is 20.2 Å². The molecule has 156 valence electrons. The number of phenolic OH excluding ortho intramolecular Hbond substituents is 1. The first-order chi connectivity index (χ1) is 12.5. The molecule has 0 amide bonds. The van der Waals surface area contributed by atoms with Gasteiger partial charge in [0.25, 0.3) is 0 Å². The fourth-order valence-electron chi connectivity index (χ4n) is 4.31. The van der Waals surface area contributed by atoms with E-state index in [4.69, 9.17) is 0 Å². The van der Waals surface area contributed by atoms with Crippen LogP contribution in [0.2, 0.25) is 0 Å². The molecule has 27 heavy (non-hydrogen) atoms. The molecule has 0 aliphatic heterocycles. The number of rotatable bonds is 11. The second-order valence-corrected chi connectivity index (χ2v) is 10.8. The lowest BCUT2D eigenvalue weighted by atomic mass is 9.73. The van der Waals surface area contributed by atoms with Gasteiger partial charge in [0.05, 0.1) is 0 Å². The quantitative estimate of drug-likeness (QED) is 0.385. The fraction of sp³-hybridized carbons (Fsp3) is 0.769. The van der Waals surface area contributed by atoms with Gasteiger partial charge in [-0.1, -0.05) is 86.3 Å². The number of hydrogen-bond acceptors (Lipinski definition) is 1. The van der Waals surface area contributed by atoms with E-state index in [2.05, 4.69) is 54.5 Å². The molecule has 0 unspecified atom stereocenters. The van der Waals surface area contributed by atoms with Crippen LogP contribution in [0.15, 0.2) is 24.3 Å². The van der Waals surface area contributed by atoms with Gasteiger partial charge in [0.1, 0.15) is 5.75 Å². The molecular formula is C26H46O. The largest absolute Gasteiger partial charge is 0.508 e. The normalized spacial score (nSPS) is 14.9. The molecule has 1 N–H and O–H groups in total. The van der Waals surface area contributed by atoms with Gasteiger partial charge in [0, 0.05) is 0 Å². The average Bonchev–Trinajstić information content (AvgIpc) is 2.54. The van der Waals surface area contributed by atoms with Crippen molar-refractivity contribution in [2.45, 2.75) is 106 Å². The van der Waals surface area contributed by atoms with Gasteiger partial charge in [-0.3, -0.25) is 0 Å². The SMILES string of the molecule is CCCC[C@@H](CCCC[C@H](CCc1cccc(O)c1)C(C)(C)C)C(C)(C)C. The fourth-order valence-corrected chi connectivity index (χ4v) is 4.31. The molecule has 2 atom stereocenters. The van der Waals surface area contributed by atoms with Gasteiger partial charge in [-0.2, -0.15) is 0 Å². The van der Waals surface area contributed by atoms with Crippen molar-refractivity contribution in [1.29, 1.82) is 0 Å². The maximum absolute atomic E-state index is 9.69. The van der Waals surface area contributed by atoms with Crippen molar-refractivity contribution in [1.82, 2.24) is 0 Å². The predicted octanol–water partition coefficient (Wildman–Crippen LogP) is 8.40. The van der Waals surface area contributed by atoms with E-state index in [1.807, 2.05) is 12.1 Å². The number of aryl methyl sites for hydroxylation is 1. The van der Waals surface area contributed by atoms with Crippen molar-refractivity contribution in [2.24, 2.45) is 22.7 Å². The van der Waals surface area contributed by atoms with E-state index in [-0.39, 0.29) is 0 Å². The highest BCUT2D eigenvalue weighted by molar-refractivity contribution is 5.27. The zero-order valence-electron chi connectivity index (χ0n) is 19.3. The smallest absolute Gasteiger partial charge is 0.115 e. The molecule has 0 fully saturated rings. The molecule has 0 radical (unpaired) electrons. The average molecular weight is 375 g/mol. The molecule has 0 saturated carbocycles. The van der Waals surface area contributed by atoms with Gasteiger partial charge in [-0.05, 0) is 72.5 Å². The van der Waals surface area contributed by atoms with E-state index < -0.39 is 0 Å². The van der Waals surface area contributed by atoms with E-state index in [9.17, 15) is 5.11 Å². The zero-order chi connectivity index (χ0) is 20.5. The van der Waals surface area contributed by atoms with Crippen LogP contribution in [0.5, 0.6) is 5.75 Å². The molecule has 1 rings (SSSR count). The summed E-state index contributed by atoms with van der Waals surface area (Å²) in [6.07, 6.45) is 11.8. The van der Waals surface area contributed by atoms with Crippen LogP contribution in [0.1, 0.15) is 105 Å². The molecule has 0 aliphatic carbocycles. The Kier molecular flexibility index (Phi) is 9.91. The molecule has 0 spiro atoms. The first-order valence-electron chi connectivity index (χ1n) is 11.3. The van der Waals surface area contributed by atoms with Crippen molar-refractivity contribution in [3.8, 4) is 5.75 Å². The summed E-state index contributed by atoms with van der Waals surface area (Å²) in [4.78, 5) is 0. The van der Waals surface area contributed by atoms with Gasteiger partial charge in [-0.15, -0.1) is 0 Å². The third-order valence-electron chi connectivity index (χ3n) is 6.40. The summed E-state index contributed by atoms with van der Waals surface area (Å²) in [7, 11) is 0. The number of phenols is 1. The molecular weight excluding hydrogens is 328 g/mol. The van der Waals surface area contributed by atoms with Gasteiger partial charge in [0.2, 0.25) is 0 Å². The summed E-state index contributed by atoms with van der Waals surface area (Å²) < 4.78 is 0. The molecule has 0 aromatic heterocycles. The van der Waals surface area contributed by atoms with Crippen molar-refractivity contribution in [2.75, 3.05) is 0 Å². The van der Waals surface area contributed by atoms with Gasteiger partial charge in [0.15, 0.2) is 0 Å². The van der Waals surface area contributed by atoms with E-state index >= 15 is 0 Å². The van der Waals surface area contributed by atoms with Crippen molar-refractivity contribution >= 4 is 0 Å². The van der Waals surface area contributed by atoms with Gasteiger partial charge < -0.3 is 5.11 Å². The molecule has 0 bridgehead atoms. The minimum Gasteiger partial charge on any atom is -0.508 e. The summed E-state index contributed by atoms with van der Waals surface area (Å²) in [6, 6.07) is 7.77. The van der Waals surface area contributed by atoms with E-state index in [1.165, 1.54) is 56.9 Å². The van der Waals surface area contributed by atoms with Crippen LogP contribution in [0.25, 0.3) is 0 Å². The zero-order valence-corrected chi connectivity index (χ0v) is 19.3. The predicted molar refractivity (Wildman–Crippen MR) is 120 cm³/mol. The first-order valence-corrected chi connectivity index (χ1v) is 11.3. The molecule has 0 aliphatic rings. The molecule has 1 nitrogen and oxygen atoms in total. The Balaban J connectivity index is 2.50. The van der Waals surface area contributed by atoms with Crippen LogP contribution >= 0.6 is 0 Å². The molecule has 0 heterocycles. The van der Waals surface area contributed by atoms with Crippen molar-refractivity contribution < 1.29 is 5.11 Å². The third-order valence-corrected chi connectivity index (χ3v) is 6.40. The molecule has 1 aromatic rings. The summed E-state index contributed by atoms with van der Waals surface area (Å²) in [5.74, 6) is 1.99. The highest BCUT2D eigenvalue weighted by atomic mass is 16.3. The second kappa shape index (κ2) is 11.1. The Bertz CT molecular complexity index is 518.